The van der Waals surface area contributed by atoms with Gasteiger partial charge in [0.2, 0.25) is 0 Å². The summed E-state index contributed by atoms with van der Waals surface area (Å²) in [4.78, 5) is 11.8. The number of esters is 1. The summed E-state index contributed by atoms with van der Waals surface area (Å²) in [5, 5.41) is 0. The zero-order valence-corrected chi connectivity index (χ0v) is 13.2. The Hall–Kier alpha value is -1.31. The minimum atomic E-state index is -0.106. The van der Waals surface area contributed by atoms with Gasteiger partial charge in [-0.2, -0.15) is 0 Å². The summed E-state index contributed by atoms with van der Waals surface area (Å²) >= 11 is 0. The summed E-state index contributed by atoms with van der Waals surface area (Å²) in [5.41, 5.74) is 2.22. The zero-order chi connectivity index (χ0) is 14.8. The number of hydrogen-bond donors (Lipinski definition) is 0. The molecule has 0 amide bonds. The number of ether oxygens (including phenoxy) is 1. The summed E-state index contributed by atoms with van der Waals surface area (Å²) in [6, 6.07) is 5.90. The minimum Gasteiger partial charge on any atom is -0.426 e. The molecule has 0 N–H and O–H groups in total. The van der Waals surface area contributed by atoms with Gasteiger partial charge in [0.05, 0.1) is 0 Å². The van der Waals surface area contributed by atoms with E-state index in [0.29, 0.717) is 12.2 Å². The molecule has 0 bridgehead atoms. The summed E-state index contributed by atoms with van der Waals surface area (Å²) in [6.07, 6.45) is 9.06. The van der Waals surface area contributed by atoms with Crippen LogP contribution in [0.2, 0.25) is 0 Å². The third kappa shape index (κ3) is 6.74. The van der Waals surface area contributed by atoms with E-state index < -0.39 is 0 Å². The van der Waals surface area contributed by atoms with Gasteiger partial charge in [-0.05, 0) is 31.9 Å². The Kier molecular flexibility index (Phi) is 8.01. The van der Waals surface area contributed by atoms with Gasteiger partial charge in [0.15, 0.2) is 0 Å². The van der Waals surface area contributed by atoms with Gasteiger partial charge < -0.3 is 4.74 Å². The number of rotatable bonds is 9. The Bertz CT molecular complexity index is 410. The van der Waals surface area contributed by atoms with Crippen LogP contribution in [0, 0.1) is 13.8 Å². The van der Waals surface area contributed by atoms with Gasteiger partial charge in [-0.25, -0.2) is 0 Å². The van der Waals surface area contributed by atoms with E-state index in [1.807, 2.05) is 32.0 Å². The highest BCUT2D eigenvalue weighted by atomic mass is 16.5. The molecule has 0 unspecified atom stereocenters. The molecule has 0 aromatic heterocycles. The lowest BCUT2D eigenvalue weighted by atomic mass is 10.1. The minimum absolute atomic E-state index is 0.106. The van der Waals surface area contributed by atoms with E-state index in [9.17, 15) is 4.79 Å². The van der Waals surface area contributed by atoms with Crippen LogP contribution in [0.5, 0.6) is 5.75 Å². The number of carbonyl (C=O) groups is 1. The van der Waals surface area contributed by atoms with E-state index in [4.69, 9.17) is 4.74 Å². The Morgan fingerprint density at radius 1 is 1.00 bits per heavy atom. The molecule has 0 radical (unpaired) electrons. The molecule has 2 nitrogen and oxygen atoms in total. The van der Waals surface area contributed by atoms with Gasteiger partial charge in [0, 0.05) is 6.42 Å². The third-order valence-corrected chi connectivity index (χ3v) is 3.54. The lowest BCUT2D eigenvalue weighted by Crippen LogP contribution is -2.08. The molecule has 0 aliphatic carbocycles. The number of unbranched alkanes of at least 4 members (excludes halogenated alkanes) is 6. The maximum absolute atomic E-state index is 11.8. The third-order valence-electron chi connectivity index (χ3n) is 3.54. The van der Waals surface area contributed by atoms with E-state index in [2.05, 4.69) is 6.92 Å². The van der Waals surface area contributed by atoms with Crippen LogP contribution in [0.4, 0.5) is 0 Å². The molecule has 0 atom stereocenters. The van der Waals surface area contributed by atoms with Gasteiger partial charge in [0.1, 0.15) is 5.75 Å². The normalized spacial score (nSPS) is 10.6. The van der Waals surface area contributed by atoms with E-state index in [-0.39, 0.29) is 5.97 Å². The summed E-state index contributed by atoms with van der Waals surface area (Å²) in [6.45, 7) is 6.24. The van der Waals surface area contributed by atoms with Crippen molar-refractivity contribution in [3.8, 4) is 5.75 Å². The molecular formula is C18H28O2. The first kappa shape index (κ1) is 16.7. The molecule has 1 aromatic rings. The van der Waals surface area contributed by atoms with E-state index in [0.717, 1.165) is 18.4 Å². The lowest BCUT2D eigenvalue weighted by Gasteiger charge is -2.08. The fourth-order valence-corrected chi connectivity index (χ4v) is 2.31. The highest BCUT2D eigenvalue weighted by molar-refractivity contribution is 5.72. The summed E-state index contributed by atoms with van der Waals surface area (Å²) in [5.74, 6) is 0.592. The van der Waals surface area contributed by atoms with Gasteiger partial charge in [-0.1, -0.05) is 63.1 Å². The highest BCUT2D eigenvalue weighted by Gasteiger charge is 2.07. The molecule has 0 aliphatic heterocycles. The van der Waals surface area contributed by atoms with Crippen LogP contribution in [0.25, 0.3) is 0 Å². The maximum Gasteiger partial charge on any atom is 0.311 e. The van der Waals surface area contributed by atoms with E-state index in [1.165, 1.54) is 37.7 Å². The van der Waals surface area contributed by atoms with Crippen molar-refractivity contribution in [2.75, 3.05) is 0 Å². The Morgan fingerprint density at radius 3 is 2.30 bits per heavy atom. The molecule has 0 heterocycles. The van der Waals surface area contributed by atoms with Crippen molar-refractivity contribution >= 4 is 5.97 Å². The van der Waals surface area contributed by atoms with Gasteiger partial charge in [-0.15, -0.1) is 0 Å². The van der Waals surface area contributed by atoms with Crippen molar-refractivity contribution in [2.24, 2.45) is 0 Å². The standard InChI is InChI=1S/C18H28O2/c1-4-5-6-7-8-9-10-11-18(19)20-17-13-12-15(2)14-16(17)3/h12-14H,4-11H2,1-3H3. The van der Waals surface area contributed by atoms with Crippen LogP contribution in [-0.4, -0.2) is 5.97 Å². The van der Waals surface area contributed by atoms with E-state index in [1.54, 1.807) is 0 Å². The topological polar surface area (TPSA) is 26.3 Å². The average molecular weight is 276 g/mol. The second-order valence-corrected chi connectivity index (χ2v) is 5.61. The predicted molar refractivity (Wildman–Crippen MR) is 84.2 cm³/mol. The predicted octanol–water partition coefficient (Wildman–Crippen LogP) is 5.35. The van der Waals surface area contributed by atoms with Crippen LogP contribution in [0.3, 0.4) is 0 Å². The largest absolute Gasteiger partial charge is 0.426 e. The maximum atomic E-state index is 11.8. The number of carbonyl (C=O) groups excluding carboxylic acids is 1. The SMILES string of the molecule is CCCCCCCCCC(=O)Oc1ccc(C)cc1C. The molecule has 0 saturated carbocycles. The zero-order valence-electron chi connectivity index (χ0n) is 13.2. The molecule has 20 heavy (non-hydrogen) atoms. The van der Waals surface area contributed by atoms with Crippen molar-refractivity contribution in [1.29, 1.82) is 0 Å². The monoisotopic (exact) mass is 276 g/mol. The smallest absolute Gasteiger partial charge is 0.311 e. The molecule has 0 fully saturated rings. The van der Waals surface area contributed by atoms with Crippen molar-refractivity contribution in [3.05, 3.63) is 29.3 Å². The second-order valence-electron chi connectivity index (χ2n) is 5.61. The second kappa shape index (κ2) is 9.57. The van der Waals surface area contributed by atoms with Crippen LogP contribution in [0.15, 0.2) is 18.2 Å². The molecular weight excluding hydrogens is 248 g/mol. The molecule has 0 spiro atoms. The fourth-order valence-electron chi connectivity index (χ4n) is 2.31. The molecule has 0 saturated heterocycles. The number of hydrogen-bond acceptors (Lipinski definition) is 2. The molecule has 1 aromatic carbocycles. The average Bonchev–Trinajstić information content (AvgIpc) is 2.41. The first-order chi connectivity index (χ1) is 9.63. The van der Waals surface area contributed by atoms with Crippen molar-refractivity contribution in [2.45, 2.75) is 72.1 Å². The Morgan fingerprint density at radius 2 is 1.65 bits per heavy atom. The van der Waals surface area contributed by atoms with Crippen LogP contribution < -0.4 is 4.74 Å². The quantitative estimate of drug-likeness (QED) is 0.345. The molecule has 2 heteroatoms. The number of benzene rings is 1. The Labute approximate surface area is 123 Å². The lowest BCUT2D eigenvalue weighted by molar-refractivity contribution is -0.134. The summed E-state index contributed by atoms with van der Waals surface area (Å²) < 4.78 is 5.41. The summed E-state index contributed by atoms with van der Waals surface area (Å²) in [7, 11) is 0. The first-order valence-corrected chi connectivity index (χ1v) is 7.91. The van der Waals surface area contributed by atoms with Gasteiger partial charge in [0.25, 0.3) is 0 Å². The van der Waals surface area contributed by atoms with Crippen LogP contribution in [-0.2, 0) is 4.79 Å². The number of aryl methyl sites for hydroxylation is 2. The van der Waals surface area contributed by atoms with Gasteiger partial charge >= 0.3 is 5.97 Å². The fraction of sp³-hybridized carbons (Fsp3) is 0.611. The molecule has 0 aliphatic rings. The van der Waals surface area contributed by atoms with Crippen LogP contribution >= 0.6 is 0 Å². The molecule has 1 rings (SSSR count). The highest BCUT2D eigenvalue weighted by Crippen LogP contribution is 2.19. The first-order valence-electron chi connectivity index (χ1n) is 7.91. The molecule has 112 valence electrons. The van der Waals surface area contributed by atoms with Crippen molar-refractivity contribution < 1.29 is 9.53 Å². The Balaban J connectivity index is 2.17. The van der Waals surface area contributed by atoms with Crippen molar-refractivity contribution in [3.63, 3.8) is 0 Å². The van der Waals surface area contributed by atoms with Crippen molar-refractivity contribution in [1.82, 2.24) is 0 Å². The van der Waals surface area contributed by atoms with E-state index >= 15 is 0 Å². The van der Waals surface area contributed by atoms with Gasteiger partial charge in [-0.3, -0.25) is 4.79 Å². The van der Waals surface area contributed by atoms with Crippen LogP contribution in [0.1, 0.15) is 69.4 Å².